The lowest BCUT2D eigenvalue weighted by Gasteiger charge is -2.40. The maximum Gasteiger partial charge on any atom is 0.335 e. The predicted molar refractivity (Wildman–Crippen MR) is 67.7 cm³/mol. The number of nitrogens with one attached hydrogen (secondary N) is 2. The summed E-state index contributed by atoms with van der Waals surface area (Å²) in [4.78, 5) is 11.5. The van der Waals surface area contributed by atoms with Crippen LogP contribution in [-0.2, 0) is 0 Å². The van der Waals surface area contributed by atoms with Crippen molar-refractivity contribution >= 4 is 11.7 Å². The van der Waals surface area contributed by atoms with E-state index >= 15 is 0 Å². The van der Waals surface area contributed by atoms with Crippen LogP contribution in [0.2, 0.25) is 0 Å². The van der Waals surface area contributed by atoms with Gasteiger partial charge in [-0.2, -0.15) is 5.10 Å². The van der Waals surface area contributed by atoms with Crippen LogP contribution in [0.15, 0.2) is 23.3 Å². The number of hydrogen-bond donors (Lipinski definition) is 2. The van der Waals surface area contributed by atoms with E-state index in [0.717, 1.165) is 22.6 Å². The van der Waals surface area contributed by atoms with Crippen LogP contribution in [0, 0.1) is 6.92 Å². The molecule has 5 nitrogen and oxygen atoms in total. The lowest BCUT2D eigenvalue weighted by molar-refractivity contribution is 0.160. The molecule has 1 atom stereocenters. The van der Waals surface area contributed by atoms with Crippen LogP contribution in [0.3, 0.4) is 0 Å². The number of rotatable bonds is 0. The summed E-state index contributed by atoms with van der Waals surface area (Å²) < 4.78 is 5.96. The second-order valence-electron chi connectivity index (χ2n) is 5.17. The molecule has 94 valence electrons. The van der Waals surface area contributed by atoms with Gasteiger partial charge in [-0.05, 0) is 32.9 Å². The molecule has 1 aromatic carbocycles. The fraction of sp³-hybridized carbons (Fsp3) is 0.385. The Morgan fingerprint density at radius 3 is 2.94 bits per heavy atom. The molecule has 18 heavy (non-hydrogen) atoms. The lowest BCUT2D eigenvalue weighted by atomic mass is 9.86. The summed E-state index contributed by atoms with van der Waals surface area (Å²) in [6.45, 7) is 5.90. The molecule has 2 N–H and O–H groups in total. The molecular weight excluding hydrogens is 230 g/mol. The zero-order valence-corrected chi connectivity index (χ0v) is 10.6. The second kappa shape index (κ2) is 3.48. The van der Waals surface area contributed by atoms with Gasteiger partial charge in [0.05, 0.1) is 0 Å². The summed E-state index contributed by atoms with van der Waals surface area (Å²) in [5.41, 5.74) is 4.79. The summed E-state index contributed by atoms with van der Waals surface area (Å²) in [6, 6.07) is 5.47. The number of aryl methyl sites for hydroxylation is 1. The molecule has 5 heteroatoms. The molecule has 0 spiro atoms. The van der Waals surface area contributed by atoms with Crippen LogP contribution < -0.4 is 15.5 Å². The maximum absolute atomic E-state index is 11.5. The second-order valence-corrected chi connectivity index (χ2v) is 5.17. The van der Waals surface area contributed by atoms with Gasteiger partial charge < -0.3 is 10.1 Å². The molecule has 2 aliphatic rings. The van der Waals surface area contributed by atoms with Crippen LogP contribution in [0.1, 0.15) is 31.0 Å². The van der Waals surface area contributed by atoms with Gasteiger partial charge in [-0.3, -0.25) is 0 Å². The largest absolute Gasteiger partial charge is 0.481 e. The molecule has 0 bridgehead atoms. The number of carbonyl (C=O) groups is 1. The summed E-state index contributed by atoms with van der Waals surface area (Å²) in [5, 5.41) is 7.04. The Bertz CT molecular complexity index is 563. The van der Waals surface area contributed by atoms with Crippen molar-refractivity contribution in [3.63, 3.8) is 0 Å². The maximum atomic E-state index is 11.5. The molecule has 0 saturated heterocycles. The van der Waals surface area contributed by atoms with Gasteiger partial charge in [-0.25, -0.2) is 10.2 Å². The Morgan fingerprint density at radius 2 is 2.17 bits per heavy atom. The highest BCUT2D eigenvalue weighted by atomic mass is 16.5. The van der Waals surface area contributed by atoms with Crippen molar-refractivity contribution in [1.82, 2.24) is 10.7 Å². The number of benzene rings is 1. The highest BCUT2D eigenvalue weighted by Crippen LogP contribution is 2.38. The first kappa shape index (κ1) is 11.1. The van der Waals surface area contributed by atoms with Gasteiger partial charge in [0.1, 0.15) is 23.1 Å². The van der Waals surface area contributed by atoms with Crippen LogP contribution in [0.5, 0.6) is 5.75 Å². The van der Waals surface area contributed by atoms with Gasteiger partial charge in [0.15, 0.2) is 0 Å². The normalized spacial score (nSPS) is 23.8. The quantitative estimate of drug-likeness (QED) is 0.733. The van der Waals surface area contributed by atoms with Crippen molar-refractivity contribution in [3.05, 3.63) is 29.3 Å². The number of fused-ring (bicyclic) bond motifs is 3. The number of ether oxygens (including phenoxy) is 1. The van der Waals surface area contributed by atoms with Gasteiger partial charge in [0.2, 0.25) is 0 Å². The third-order valence-electron chi connectivity index (χ3n) is 3.29. The van der Waals surface area contributed by atoms with Gasteiger partial charge in [0, 0.05) is 5.56 Å². The van der Waals surface area contributed by atoms with E-state index in [1.54, 1.807) is 0 Å². The molecule has 1 aromatic rings. The SMILES string of the molecule is Cc1ccc2c(c1)C1NC(=O)NN=C1C(C)(C)O2. The first-order chi connectivity index (χ1) is 8.47. The van der Waals surface area contributed by atoms with Gasteiger partial charge in [-0.15, -0.1) is 0 Å². The first-order valence-electron chi connectivity index (χ1n) is 5.91. The molecule has 0 aromatic heterocycles. The Hall–Kier alpha value is -2.04. The number of carbonyl (C=O) groups excluding carboxylic acids is 1. The number of nitrogens with zero attached hydrogens (tertiary/aromatic N) is 1. The van der Waals surface area contributed by atoms with Crippen LogP contribution in [0.4, 0.5) is 4.79 Å². The van der Waals surface area contributed by atoms with Crippen molar-refractivity contribution in [2.24, 2.45) is 5.10 Å². The number of hydrazone groups is 1. The van der Waals surface area contributed by atoms with Crippen LogP contribution in [-0.4, -0.2) is 17.3 Å². The van der Waals surface area contributed by atoms with Crippen LogP contribution >= 0.6 is 0 Å². The predicted octanol–water partition coefficient (Wildman–Crippen LogP) is 1.88. The van der Waals surface area contributed by atoms with E-state index in [2.05, 4.69) is 15.8 Å². The lowest BCUT2D eigenvalue weighted by Crippen LogP contribution is -2.55. The van der Waals surface area contributed by atoms with E-state index in [9.17, 15) is 4.79 Å². The molecule has 2 heterocycles. The van der Waals surface area contributed by atoms with E-state index in [1.807, 2.05) is 39.0 Å². The molecular formula is C13H15N3O2. The Kier molecular flexibility index (Phi) is 2.14. The molecule has 1 unspecified atom stereocenters. The highest BCUT2D eigenvalue weighted by Gasteiger charge is 2.43. The smallest absolute Gasteiger partial charge is 0.335 e. The monoisotopic (exact) mass is 245 g/mol. The molecule has 2 amide bonds. The Balaban J connectivity index is 2.18. The van der Waals surface area contributed by atoms with Crippen molar-refractivity contribution in [2.75, 3.05) is 0 Å². The third-order valence-corrected chi connectivity index (χ3v) is 3.29. The van der Waals surface area contributed by atoms with E-state index in [4.69, 9.17) is 4.74 Å². The van der Waals surface area contributed by atoms with Crippen molar-refractivity contribution < 1.29 is 9.53 Å². The summed E-state index contributed by atoms with van der Waals surface area (Å²) in [7, 11) is 0. The average molecular weight is 245 g/mol. The third kappa shape index (κ3) is 1.54. The van der Waals surface area contributed by atoms with Gasteiger partial charge >= 0.3 is 6.03 Å². The van der Waals surface area contributed by atoms with E-state index in [1.165, 1.54) is 0 Å². The fourth-order valence-corrected chi connectivity index (χ4v) is 2.43. The van der Waals surface area contributed by atoms with Gasteiger partial charge in [0.25, 0.3) is 0 Å². The molecule has 0 aliphatic carbocycles. The zero-order valence-electron chi connectivity index (χ0n) is 10.6. The summed E-state index contributed by atoms with van der Waals surface area (Å²) in [5.74, 6) is 0.803. The highest BCUT2D eigenvalue weighted by molar-refractivity contribution is 6.03. The number of amides is 2. The van der Waals surface area contributed by atoms with Crippen molar-refractivity contribution in [2.45, 2.75) is 32.4 Å². The molecule has 0 radical (unpaired) electrons. The zero-order chi connectivity index (χ0) is 12.9. The number of urea groups is 1. The van der Waals surface area contributed by atoms with Gasteiger partial charge in [-0.1, -0.05) is 11.6 Å². The van der Waals surface area contributed by atoms with E-state index < -0.39 is 5.60 Å². The topological polar surface area (TPSA) is 62.7 Å². The minimum Gasteiger partial charge on any atom is -0.481 e. The molecule has 0 saturated carbocycles. The Morgan fingerprint density at radius 1 is 1.39 bits per heavy atom. The van der Waals surface area contributed by atoms with Crippen molar-refractivity contribution in [3.8, 4) is 5.75 Å². The van der Waals surface area contributed by atoms with Crippen LogP contribution in [0.25, 0.3) is 0 Å². The minimum atomic E-state index is -0.534. The van der Waals surface area contributed by atoms with E-state index in [-0.39, 0.29) is 12.1 Å². The standard InChI is InChI=1S/C13H15N3O2/c1-7-4-5-9-8(6-7)10-11(13(2,3)18-9)15-16-12(17)14-10/h4-6,10H,1-3H3,(H2,14,16,17). The van der Waals surface area contributed by atoms with Crippen molar-refractivity contribution in [1.29, 1.82) is 0 Å². The minimum absolute atomic E-state index is 0.211. The molecule has 3 rings (SSSR count). The number of hydrogen-bond acceptors (Lipinski definition) is 3. The molecule has 0 fully saturated rings. The first-order valence-corrected chi connectivity index (χ1v) is 5.91. The fourth-order valence-electron chi connectivity index (χ4n) is 2.43. The summed E-state index contributed by atoms with van der Waals surface area (Å²) >= 11 is 0. The average Bonchev–Trinajstić information content (AvgIpc) is 2.30. The molecule has 2 aliphatic heterocycles. The van der Waals surface area contributed by atoms with E-state index in [0.29, 0.717) is 0 Å². The summed E-state index contributed by atoms with van der Waals surface area (Å²) in [6.07, 6.45) is 0. The Labute approximate surface area is 105 Å².